The summed E-state index contributed by atoms with van der Waals surface area (Å²) in [7, 11) is 2.10. The van der Waals surface area contributed by atoms with Gasteiger partial charge in [-0.1, -0.05) is 36.4 Å². The average molecular weight is 356 g/mol. The highest BCUT2D eigenvalue weighted by molar-refractivity contribution is 5.91. The lowest BCUT2D eigenvalue weighted by atomic mass is 10.1. The highest BCUT2D eigenvalue weighted by Gasteiger charge is 2.18. The molecular formula is C19H28N6O. The van der Waals surface area contributed by atoms with Crippen molar-refractivity contribution in [3.8, 4) is 0 Å². The van der Waals surface area contributed by atoms with Gasteiger partial charge in [0, 0.05) is 13.1 Å². The fourth-order valence-electron chi connectivity index (χ4n) is 3.16. The Bertz CT molecular complexity index is 722. The summed E-state index contributed by atoms with van der Waals surface area (Å²) in [6, 6.07) is 8.65. The van der Waals surface area contributed by atoms with Crippen molar-refractivity contribution < 1.29 is 4.79 Å². The lowest BCUT2D eigenvalue weighted by Gasteiger charge is -2.22. The predicted molar refractivity (Wildman–Crippen MR) is 101 cm³/mol. The molecule has 1 aromatic carbocycles. The number of amides is 1. The van der Waals surface area contributed by atoms with Crippen LogP contribution in [-0.4, -0.2) is 52.5 Å². The Balaban J connectivity index is 1.55. The van der Waals surface area contributed by atoms with Crippen molar-refractivity contribution >= 4 is 5.91 Å². The van der Waals surface area contributed by atoms with Gasteiger partial charge in [-0.15, -0.1) is 5.10 Å². The van der Waals surface area contributed by atoms with E-state index in [1.807, 2.05) is 16.8 Å². The number of carbonyl (C=O) groups is 1. The van der Waals surface area contributed by atoms with E-state index in [0.717, 1.165) is 44.6 Å². The van der Waals surface area contributed by atoms with Crippen molar-refractivity contribution in [2.45, 2.75) is 38.9 Å². The van der Waals surface area contributed by atoms with Gasteiger partial charge in [-0.25, -0.2) is 4.68 Å². The Morgan fingerprint density at radius 3 is 2.88 bits per heavy atom. The standard InChI is InChI=1S/C19H28N6O/c1-3-24(2)13-16-6-4-5-15(11-16)12-21-19(26)18-14-25(23-22-18)17-7-9-20-10-8-17/h4-6,11,14,17,20H,3,7-10,12-13H2,1-2H3,(H,21,26). The van der Waals surface area contributed by atoms with Crippen LogP contribution in [0, 0.1) is 0 Å². The number of benzene rings is 1. The maximum absolute atomic E-state index is 12.4. The zero-order valence-electron chi connectivity index (χ0n) is 15.6. The van der Waals surface area contributed by atoms with Gasteiger partial charge in [0.1, 0.15) is 0 Å². The quantitative estimate of drug-likeness (QED) is 0.788. The normalized spacial score (nSPS) is 15.3. The first-order chi connectivity index (χ1) is 12.7. The van der Waals surface area contributed by atoms with Gasteiger partial charge in [0.2, 0.25) is 0 Å². The zero-order chi connectivity index (χ0) is 18.4. The number of hydrogen-bond donors (Lipinski definition) is 2. The third-order valence-corrected chi connectivity index (χ3v) is 4.86. The third kappa shape index (κ3) is 4.89. The second-order valence-electron chi connectivity index (χ2n) is 6.90. The molecule has 0 atom stereocenters. The highest BCUT2D eigenvalue weighted by Crippen LogP contribution is 2.17. The van der Waals surface area contributed by atoms with Crippen LogP contribution in [0.5, 0.6) is 0 Å². The van der Waals surface area contributed by atoms with Crippen LogP contribution in [0.3, 0.4) is 0 Å². The molecule has 7 heteroatoms. The first kappa shape index (κ1) is 18.5. The second-order valence-corrected chi connectivity index (χ2v) is 6.90. The van der Waals surface area contributed by atoms with E-state index >= 15 is 0 Å². The molecule has 0 bridgehead atoms. The molecule has 2 aromatic rings. The summed E-state index contributed by atoms with van der Waals surface area (Å²) in [5.74, 6) is -0.179. The minimum Gasteiger partial charge on any atom is -0.347 e. The zero-order valence-corrected chi connectivity index (χ0v) is 15.6. The van der Waals surface area contributed by atoms with Gasteiger partial charge in [0.25, 0.3) is 5.91 Å². The average Bonchev–Trinajstić information content (AvgIpc) is 3.17. The third-order valence-electron chi connectivity index (χ3n) is 4.86. The number of aromatic nitrogens is 3. The van der Waals surface area contributed by atoms with Crippen LogP contribution in [0.25, 0.3) is 0 Å². The van der Waals surface area contributed by atoms with Crippen LogP contribution < -0.4 is 10.6 Å². The van der Waals surface area contributed by atoms with Gasteiger partial charge < -0.3 is 15.5 Å². The number of nitrogens with zero attached hydrogens (tertiary/aromatic N) is 4. The smallest absolute Gasteiger partial charge is 0.273 e. The Morgan fingerprint density at radius 1 is 1.35 bits per heavy atom. The van der Waals surface area contributed by atoms with Crippen LogP contribution in [0.1, 0.15) is 47.4 Å². The first-order valence-electron chi connectivity index (χ1n) is 9.33. The number of carbonyl (C=O) groups excluding carboxylic acids is 1. The SMILES string of the molecule is CCN(C)Cc1cccc(CNC(=O)c2cn(C3CCNCC3)nn2)c1. The Labute approximate surface area is 154 Å². The largest absolute Gasteiger partial charge is 0.347 e. The summed E-state index contributed by atoms with van der Waals surface area (Å²) >= 11 is 0. The van der Waals surface area contributed by atoms with E-state index in [9.17, 15) is 4.79 Å². The van der Waals surface area contributed by atoms with E-state index in [1.165, 1.54) is 5.56 Å². The van der Waals surface area contributed by atoms with Gasteiger partial charge in [0.05, 0.1) is 12.2 Å². The molecule has 0 unspecified atom stereocenters. The maximum atomic E-state index is 12.4. The minimum absolute atomic E-state index is 0.179. The Hall–Kier alpha value is -2.25. The predicted octanol–water partition coefficient (Wildman–Crippen LogP) is 1.58. The molecule has 1 aliphatic rings. The minimum atomic E-state index is -0.179. The van der Waals surface area contributed by atoms with Crippen molar-refractivity contribution in [2.24, 2.45) is 0 Å². The van der Waals surface area contributed by atoms with Gasteiger partial charge in [-0.3, -0.25) is 4.79 Å². The van der Waals surface area contributed by atoms with Crippen LogP contribution in [0.15, 0.2) is 30.5 Å². The molecule has 1 fully saturated rings. The summed E-state index contributed by atoms with van der Waals surface area (Å²) in [4.78, 5) is 14.6. The van der Waals surface area contributed by atoms with Gasteiger partial charge in [0.15, 0.2) is 5.69 Å². The van der Waals surface area contributed by atoms with E-state index in [4.69, 9.17) is 0 Å². The lowest BCUT2D eigenvalue weighted by Crippen LogP contribution is -2.29. The van der Waals surface area contributed by atoms with E-state index in [1.54, 1.807) is 6.20 Å². The van der Waals surface area contributed by atoms with Crippen molar-refractivity contribution in [3.05, 3.63) is 47.3 Å². The summed E-state index contributed by atoms with van der Waals surface area (Å²) in [6.45, 7) is 6.51. The van der Waals surface area contributed by atoms with E-state index in [2.05, 4.69) is 51.9 Å². The summed E-state index contributed by atoms with van der Waals surface area (Å²) < 4.78 is 1.83. The van der Waals surface area contributed by atoms with Crippen molar-refractivity contribution in [3.63, 3.8) is 0 Å². The molecule has 7 nitrogen and oxygen atoms in total. The Morgan fingerprint density at radius 2 is 2.12 bits per heavy atom. The van der Waals surface area contributed by atoms with Crippen molar-refractivity contribution in [1.82, 2.24) is 30.5 Å². The molecule has 1 aromatic heterocycles. The van der Waals surface area contributed by atoms with Gasteiger partial charge in [-0.2, -0.15) is 0 Å². The van der Waals surface area contributed by atoms with Crippen molar-refractivity contribution in [2.75, 3.05) is 26.7 Å². The number of piperidine rings is 1. The fraction of sp³-hybridized carbons (Fsp3) is 0.526. The molecular weight excluding hydrogens is 328 g/mol. The fourth-order valence-corrected chi connectivity index (χ4v) is 3.16. The van der Waals surface area contributed by atoms with Gasteiger partial charge in [-0.05, 0) is 50.7 Å². The number of hydrogen-bond acceptors (Lipinski definition) is 5. The van der Waals surface area contributed by atoms with Crippen LogP contribution in [0.2, 0.25) is 0 Å². The number of nitrogens with one attached hydrogen (secondary N) is 2. The molecule has 1 saturated heterocycles. The molecule has 0 spiro atoms. The van der Waals surface area contributed by atoms with Crippen molar-refractivity contribution in [1.29, 1.82) is 0 Å². The van der Waals surface area contributed by atoms with Gasteiger partial charge >= 0.3 is 0 Å². The lowest BCUT2D eigenvalue weighted by molar-refractivity contribution is 0.0945. The molecule has 26 heavy (non-hydrogen) atoms. The molecule has 0 aliphatic carbocycles. The first-order valence-corrected chi connectivity index (χ1v) is 9.33. The summed E-state index contributed by atoms with van der Waals surface area (Å²) in [6.07, 6.45) is 3.80. The molecule has 3 rings (SSSR count). The molecule has 0 radical (unpaired) electrons. The van der Waals surface area contributed by atoms with Crippen LogP contribution in [0.4, 0.5) is 0 Å². The van der Waals surface area contributed by atoms with E-state index in [0.29, 0.717) is 18.3 Å². The summed E-state index contributed by atoms with van der Waals surface area (Å²) in [5.41, 5.74) is 2.72. The van der Waals surface area contributed by atoms with E-state index in [-0.39, 0.29) is 5.91 Å². The highest BCUT2D eigenvalue weighted by atomic mass is 16.2. The molecule has 1 aliphatic heterocycles. The molecule has 0 saturated carbocycles. The number of rotatable bonds is 7. The topological polar surface area (TPSA) is 75.1 Å². The Kier molecular flexibility index (Phi) is 6.35. The van der Waals surface area contributed by atoms with Crippen LogP contribution >= 0.6 is 0 Å². The molecule has 2 N–H and O–H groups in total. The van der Waals surface area contributed by atoms with E-state index < -0.39 is 0 Å². The maximum Gasteiger partial charge on any atom is 0.273 e. The second kappa shape index (κ2) is 8.91. The molecule has 2 heterocycles. The molecule has 140 valence electrons. The van der Waals surface area contributed by atoms with Crippen LogP contribution in [-0.2, 0) is 13.1 Å². The monoisotopic (exact) mass is 356 g/mol. The summed E-state index contributed by atoms with van der Waals surface area (Å²) in [5, 5.41) is 14.5. The molecule has 1 amide bonds.